The van der Waals surface area contributed by atoms with Crippen LogP contribution in [0.4, 0.5) is 20.3 Å². The molecule has 1 N–H and O–H groups in total. The van der Waals surface area contributed by atoms with Crippen molar-refractivity contribution in [2.45, 2.75) is 70.4 Å². The molecule has 8 bridgehead atoms. The number of benzene rings is 1. The number of alkyl halides is 2. The Kier molecular flexibility index (Phi) is 8.72. The fraction of sp³-hybridized carbons (Fsp3) is 0.594. The molecular formula is C32H42F2N6O2. The molecule has 0 saturated carbocycles. The molecule has 0 unspecified atom stereocenters. The van der Waals surface area contributed by atoms with Gasteiger partial charge >= 0.3 is 0 Å². The van der Waals surface area contributed by atoms with Crippen LogP contribution in [0.1, 0.15) is 69.0 Å². The molecule has 0 radical (unpaired) electrons. The van der Waals surface area contributed by atoms with Crippen molar-refractivity contribution in [2.24, 2.45) is 5.92 Å². The van der Waals surface area contributed by atoms with E-state index in [-0.39, 0.29) is 17.2 Å². The van der Waals surface area contributed by atoms with Gasteiger partial charge in [-0.25, -0.2) is 18.7 Å². The summed E-state index contributed by atoms with van der Waals surface area (Å²) in [6.07, 6.45) is 7.66. The third-order valence-electron chi connectivity index (χ3n) is 9.30. The van der Waals surface area contributed by atoms with Crippen LogP contribution in [-0.4, -0.2) is 65.4 Å². The van der Waals surface area contributed by atoms with Crippen LogP contribution < -0.4 is 15.8 Å². The number of aromatic nitrogens is 3. The summed E-state index contributed by atoms with van der Waals surface area (Å²) in [7, 11) is 0. The molecule has 0 amide bonds. The van der Waals surface area contributed by atoms with Crippen LogP contribution >= 0.6 is 0 Å². The van der Waals surface area contributed by atoms with Gasteiger partial charge in [0.15, 0.2) is 0 Å². The van der Waals surface area contributed by atoms with Gasteiger partial charge in [-0.1, -0.05) is 37.5 Å². The van der Waals surface area contributed by atoms with Crippen LogP contribution in [0.5, 0.6) is 0 Å². The van der Waals surface area contributed by atoms with Crippen LogP contribution in [0.25, 0.3) is 11.0 Å². The first kappa shape index (κ1) is 29.0. The molecule has 4 aliphatic rings. The maximum absolute atomic E-state index is 15.8. The van der Waals surface area contributed by atoms with Gasteiger partial charge < -0.3 is 19.9 Å². The van der Waals surface area contributed by atoms with Gasteiger partial charge in [0.2, 0.25) is 0 Å². The Morgan fingerprint density at radius 1 is 0.929 bits per heavy atom. The molecule has 1 aromatic carbocycles. The Labute approximate surface area is 246 Å². The Balaban J connectivity index is 1.38. The number of aryl methyl sites for hydroxylation is 1. The lowest BCUT2D eigenvalue weighted by molar-refractivity contribution is -0.0855. The molecule has 6 heterocycles. The van der Waals surface area contributed by atoms with Crippen LogP contribution in [0.15, 0.2) is 41.5 Å². The second kappa shape index (κ2) is 12.6. The van der Waals surface area contributed by atoms with Gasteiger partial charge in [-0.15, -0.1) is 0 Å². The number of nitrogens with one attached hydrogen (secondary N) is 1. The number of piperidine rings is 1. The van der Waals surface area contributed by atoms with Gasteiger partial charge in [0.25, 0.3) is 11.5 Å². The van der Waals surface area contributed by atoms with Crippen LogP contribution in [0.3, 0.4) is 0 Å². The number of fused-ring (bicyclic) bond motifs is 9. The fourth-order valence-corrected chi connectivity index (χ4v) is 6.71. The molecule has 42 heavy (non-hydrogen) atoms. The van der Waals surface area contributed by atoms with Crippen LogP contribution in [0, 0.1) is 5.92 Å². The van der Waals surface area contributed by atoms with Gasteiger partial charge in [-0.05, 0) is 69.9 Å². The lowest BCUT2D eigenvalue weighted by atomic mass is 9.85. The molecular weight excluding hydrogens is 538 g/mol. The average Bonchev–Trinajstić information content (AvgIpc) is 3.01. The molecule has 10 heteroatoms. The number of halogens is 2. The van der Waals surface area contributed by atoms with Crippen molar-refractivity contribution in [3.8, 4) is 0 Å². The highest BCUT2D eigenvalue weighted by atomic mass is 19.3. The van der Waals surface area contributed by atoms with Gasteiger partial charge in [0, 0.05) is 37.2 Å². The normalized spacial score (nSPS) is 25.6. The summed E-state index contributed by atoms with van der Waals surface area (Å²) in [6, 6.07) is 8.42. The first-order chi connectivity index (χ1) is 20.4. The van der Waals surface area contributed by atoms with Crippen molar-refractivity contribution in [3.05, 3.63) is 58.1 Å². The number of hydrogen-bond acceptors (Lipinski definition) is 7. The average molecular weight is 581 g/mol. The van der Waals surface area contributed by atoms with E-state index in [2.05, 4.69) is 25.1 Å². The van der Waals surface area contributed by atoms with Gasteiger partial charge in [-0.2, -0.15) is 0 Å². The zero-order valence-corrected chi connectivity index (χ0v) is 24.5. The molecule has 2 fully saturated rings. The summed E-state index contributed by atoms with van der Waals surface area (Å²) in [5, 5.41) is 4.22. The Hall–Kier alpha value is -3.11. The highest BCUT2D eigenvalue weighted by Gasteiger charge is 2.42. The monoisotopic (exact) mass is 580 g/mol. The Morgan fingerprint density at radius 3 is 2.45 bits per heavy atom. The minimum Gasteiger partial charge on any atom is -0.378 e. The molecule has 4 aliphatic heterocycles. The third kappa shape index (κ3) is 6.01. The second-order valence-corrected chi connectivity index (χ2v) is 12.0. The minimum absolute atomic E-state index is 0.0426. The molecule has 0 aliphatic carbocycles. The van der Waals surface area contributed by atoms with Crippen molar-refractivity contribution in [2.75, 3.05) is 56.2 Å². The van der Waals surface area contributed by atoms with Gasteiger partial charge in [0.05, 0.1) is 18.6 Å². The quantitative estimate of drug-likeness (QED) is 0.404. The predicted molar refractivity (Wildman–Crippen MR) is 161 cm³/mol. The first-order valence-electron chi connectivity index (χ1n) is 15.6. The number of pyridine rings is 1. The number of morpholine rings is 1. The fourth-order valence-electron chi connectivity index (χ4n) is 6.71. The summed E-state index contributed by atoms with van der Waals surface area (Å²) in [6.45, 7) is 7.40. The second-order valence-electron chi connectivity index (χ2n) is 12.0. The first-order valence-corrected chi connectivity index (χ1v) is 15.6. The maximum Gasteiger partial charge on any atom is 0.276 e. The molecule has 3 aromatic rings. The minimum atomic E-state index is -2.88. The summed E-state index contributed by atoms with van der Waals surface area (Å²) in [4.78, 5) is 27.4. The molecule has 2 saturated heterocycles. The van der Waals surface area contributed by atoms with Crippen molar-refractivity contribution in [1.29, 1.82) is 0 Å². The Bertz CT molecular complexity index is 1430. The van der Waals surface area contributed by atoms with E-state index in [9.17, 15) is 4.79 Å². The molecule has 1 atom stereocenters. The van der Waals surface area contributed by atoms with E-state index in [0.717, 1.165) is 62.7 Å². The zero-order chi connectivity index (χ0) is 29.1. The lowest BCUT2D eigenvalue weighted by Crippen LogP contribution is -2.40. The summed E-state index contributed by atoms with van der Waals surface area (Å²) >= 11 is 0. The van der Waals surface area contributed by atoms with E-state index in [0.29, 0.717) is 62.8 Å². The highest BCUT2D eigenvalue weighted by Crippen LogP contribution is 2.42. The number of nitrogens with zero attached hydrogens (tertiary/aromatic N) is 5. The summed E-state index contributed by atoms with van der Waals surface area (Å²) in [5.41, 5.74) is 2.02. The summed E-state index contributed by atoms with van der Waals surface area (Å²) < 4.78 is 38.9. The molecule has 7 rings (SSSR count). The maximum atomic E-state index is 15.8. The molecule has 226 valence electrons. The molecule has 0 spiro atoms. The molecule has 2 aromatic heterocycles. The van der Waals surface area contributed by atoms with Crippen molar-refractivity contribution >= 4 is 22.5 Å². The van der Waals surface area contributed by atoms with Crippen molar-refractivity contribution in [1.82, 2.24) is 19.4 Å². The Morgan fingerprint density at radius 2 is 1.67 bits per heavy atom. The van der Waals surface area contributed by atoms with Gasteiger partial charge in [0.1, 0.15) is 23.5 Å². The zero-order valence-electron chi connectivity index (χ0n) is 24.5. The number of anilines is 2. The number of ether oxygens (including phenoxy) is 1. The lowest BCUT2D eigenvalue weighted by Gasteiger charge is -2.36. The van der Waals surface area contributed by atoms with E-state index in [1.165, 1.54) is 6.33 Å². The summed E-state index contributed by atoms with van der Waals surface area (Å²) in [5.74, 6) is -2.94. The van der Waals surface area contributed by atoms with Crippen LogP contribution in [-0.2, 0) is 17.2 Å². The van der Waals surface area contributed by atoms with E-state index >= 15 is 8.78 Å². The predicted octanol–water partition coefficient (Wildman–Crippen LogP) is 5.57. The van der Waals surface area contributed by atoms with Gasteiger partial charge in [-0.3, -0.25) is 9.36 Å². The van der Waals surface area contributed by atoms with Crippen molar-refractivity contribution in [3.63, 3.8) is 0 Å². The number of hydrogen-bond donors (Lipinski definition) is 1. The van der Waals surface area contributed by atoms with E-state index in [4.69, 9.17) is 4.74 Å². The topological polar surface area (TPSA) is 75.5 Å². The third-order valence-corrected chi connectivity index (χ3v) is 9.30. The van der Waals surface area contributed by atoms with E-state index in [1.807, 2.05) is 19.1 Å². The SMILES string of the molecule is C[C@H]1Nc2ncnc3c2cc(N2CCOCC2)c(=O)n3CCCCCCCN2CCC(CC2)C(F)(F)c2cccc1c2. The number of rotatable bonds is 1. The van der Waals surface area contributed by atoms with Crippen molar-refractivity contribution < 1.29 is 13.5 Å². The molecule has 8 nitrogen and oxygen atoms in total. The highest BCUT2D eigenvalue weighted by molar-refractivity contribution is 5.89. The largest absolute Gasteiger partial charge is 0.378 e. The van der Waals surface area contributed by atoms with E-state index < -0.39 is 11.8 Å². The van der Waals surface area contributed by atoms with E-state index in [1.54, 1.807) is 22.8 Å². The van der Waals surface area contributed by atoms with Crippen LogP contribution in [0.2, 0.25) is 0 Å². The standard InChI is InChI=1S/C32H42F2N6O2/c1-23-24-8-7-9-26(20-24)32(33,34)25-10-14-38(15-11-25)12-5-3-2-4-6-13-40-30-27(29(37-23)35-22-36-30)21-28(31(40)41)39-16-18-42-19-17-39/h7-9,20-23,25H,2-6,10-19H2,1H3,(H,35,36,37)/t23-/m1/s1. The smallest absolute Gasteiger partial charge is 0.276 e.